The van der Waals surface area contributed by atoms with Crippen molar-refractivity contribution in [2.75, 3.05) is 28.4 Å². The van der Waals surface area contributed by atoms with Crippen LogP contribution in [0.4, 0.5) is 33.3 Å². The first-order valence-electron chi connectivity index (χ1n) is 12.0. The normalized spacial score (nSPS) is 14.9. The van der Waals surface area contributed by atoms with E-state index in [1.54, 1.807) is 51.4 Å². The maximum atomic E-state index is 14.8. The highest BCUT2D eigenvalue weighted by Crippen LogP contribution is 2.31. The van der Waals surface area contributed by atoms with Crippen molar-refractivity contribution >= 4 is 50.6 Å². The minimum atomic E-state index is -3.66. The minimum Gasteiger partial charge on any atom is -0.340 e. The Morgan fingerprint density at radius 1 is 1.08 bits per heavy atom. The van der Waals surface area contributed by atoms with Gasteiger partial charge in [-0.15, -0.1) is 0 Å². The van der Waals surface area contributed by atoms with Crippen molar-refractivity contribution in [1.82, 2.24) is 20.3 Å². The van der Waals surface area contributed by atoms with Gasteiger partial charge in [0, 0.05) is 35.3 Å². The SMILES string of the molecule is Cc1cnc(Nc2cc(F)c(C3CCNCC3)cn2)nc1Nc1ccc(Cl)c(NS(=O)(=O)C(C)(C)C)c1. The molecule has 4 rings (SSSR count). The van der Waals surface area contributed by atoms with Gasteiger partial charge in [0.1, 0.15) is 17.5 Å². The summed E-state index contributed by atoms with van der Waals surface area (Å²) in [4.78, 5) is 13.1. The van der Waals surface area contributed by atoms with Gasteiger partial charge in [-0.1, -0.05) is 11.6 Å². The summed E-state index contributed by atoms with van der Waals surface area (Å²) in [7, 11) is -3.66. The monoisotopic (exact) mass is 547 g/mol. The third-order valence-corrected chi connectivity index (χ3v) is 8.58. The summed E-state index contributed by atoms with van der Waals surface area (Å²) >= 11 is 6.24. The predicted molar refractivity (Wildman–Crippen MR) is 146 cm³/mol. The van der Waals surface area contributed by atoms with Crippen LogP contribution in [-0.4, -0.2) is 41.2 Å². The van der Waals surface area contributed by atoms with Gasteiger partial charge in [0.05, 0.1) is 15.5 Å². The molecule has 9 nitrogen and oxygen atoms in total. The van der Waals surface area contributed by atoms with Crippen LogP contribution in [0.1, 0.15) is 50.7 Å². The van der Waals surface area contributed by atoms with E-state index in [0.29, 0.717) is 22.9 Å². The van der Waals surface area contributed by atoms with E-state index in [4.69, 9.17) is 11.6 Å². The second-order valence-electron chi connectivity index (χ2n) is 10.0. The standard InChI is InChI=1S/C25H31ClFN7O2S/c1-15-13-30-24(32-22-12-20(27)18(14-29-22)16-7-9-28-10-8-16)33-23(15)31-17-5-6-19(26)21(11-17)34-37(35,36)25(2,3)4/h5-6,11-14,16,28,34H,7-10H2,1-4H3,(H2,29,30,31,32,33). The van der Waals surface area contributed by atoms with Gasteiger partial charge in [-0.05, 0) is 77.7 Å². The van der Waals surface area contributed by atoms with E-state index in [9.17, 15) is 12.8 Å². The van der Waals surface area contributed by atoms with E-state index >= 15 is 0 Å². The zero-order valence-corrected chi connectivity index (χ0v) is 22.8. The number of anilines is 5. The first-order valence-corrected chi connectivity index (χ1v) is 13.8. The summed E-state index contributed by atoms with van der Waals surface area (Å²) in [5.74, 6) is 0.872. The molecule has 3 aromatic rings. The van der Waals surface area contributed by atoms with Crippen LogP contribution in [0.25, 0.3) is 0 Å². The molecule has 1 saturated heterocycles. The Morgan fingerprint density at radius 2 is 1.81 bits per heavy atom. The van der Waals surface area contributed by atoms with Gasteiger partial charge in [0.15, 0.2) is 0 Å². The van der Waals surface area contributed by atoms with Gasteiger partial charge in [-0.25, -0.2) is 22.8 Å². The van der Waals surface area contributed by atoms with Crippen molar-refractivity contribution in [3.05, 3.63) is 58.6 Å². The molecule has 4 N–H and O–H groups in total. The zero-order valence-electron chi connectivity index (χ0n) is 21.2. The van der Waals surface area contributed by atoms with E-state index in [2.05, 4.69) is 35.6 Å². The average molecular weight is 548 g/mol. The second-order valence-corrected chi connectivity index (χ2v) is 12.8. The van der Waals surface area contributed by atoms with Crippen molar-refractivity contribution in [1.29, 1.82) is 0 Å². The molecule has 0 aliphatic carbocycles. The number of benzene rings is 1. The Labute approximate surface area is 221 Å². The van der Waals surface area contributed by atoms with E-state index in [1.807, 2.05) is 6.92 Å². The van der Waals surface area contributed by atoms with Crippen molar-refractivity contribution in [2.45, 2.75) is 51.2 Å². The molecule has 0 atom stereocenters. The van der Waals surface area contributed by atoms with Gasteiger partial charge in [0.25, 0.3) is 0 Å². The molecule has 3 heterocycles. The maximum absolute atomic E-state index is 14.8. The fourth-order valence-electron chi connectivity index (χ4n) is 3.80. The first kappa shape index (κ1) is 27.0. The maximum Gasteiger partial charge on any atom is 0.237 e. The van der Waals surface area contributed by atoms with Crippen molar-refractivity contribution in [2.24, 2.45) is 0 Å². The Morgan fingerprint density at radius 3 is 2.49 bits per heavy atom. The zero-order chi connectivity index (χ0) is 26.8. The van der Waals surface area contributed by atoms with E-state index in [0.717, 1.165) is 31.5 Å². The third kappa shape index (κ3) is 6.46. The van der Waals surface area contributed by atoms with Crippen LogP contribution in [-0.2, 0) is 10.0 Å². The summed E-state index contributed by atoms with van der Waals surface area (Å²) in [6.45, 7) is 8.38. The molecule has 2 aromatic heterocycles. The molecule has 0 unspecified atom stereocenters. The van der Waals surface area contributed by atoms with Gasteiger partial charge >= 0.3 is 0 Å². The minimum absolute atomic E-state index is 0.159. The summed E-state index contributed by atoms with van der Waals surface area (Å²) in [5, 5.41) is 9.67. The van der Waals surface area contributed by atoms with Gasteiger partial charge in [-0.3, -0.25) is 4.72 Å². The van der Waals surface area contributed by atoms with Gasteiger partial charge in [-0.2, -0.15) is 4.98 Å². The van der Waals surface area contributed by atoms with Crippen LogP contribution in [0, 0.1) is 12.7 Å². The average Bonchev–Trinajstić information content (AvgIpc) is 2.83. The molecule has 12 heteroatoms. The fourth-order valence-corrected chi connectivity index (χ4v) is 4.79. The number of pyridine rings is 1. The number of hydrogen-bond acceptors (Lipinski definition) is 8. The molecule has 1 aromatic carbocycles. The number of nitrogens with one attached hydrogen (secondary N) is 4. The molecular formula is C25H31ClFN7O2S. The Kier molecular flexibility index (Phi) is 7.86. The van der Waals surface area contributed by atoms with E-state index < -0.39 is 14.8 Å². The highest BCUT2D eigenvalue weighted by Gasteiger charge is 2.29. The molecule has 1 fully saturated rings. The van der Waals surface area contributed by atoms with Crippen molar-refractivity contribution < 1.29 is 12.8 Å². The van der Waals surface area contributed by atoms with Crippen LogP contribution in [0.15, 0.2) is 36.7 Å². The summed E-state index contributed by atoms with van der Waals surface area (Å²) in [6, 6.07) is 6.26. The van der Waals surface area contributed by atoms with Crippen LogP contribution in [0.2, 0.25) is 5.02 Å². The highest BCUT2D eigenvalue weighted by atomic mass is 35.5. The first-order chi connectivity index (χ1) is 17.4. The molecule has 0 spiro atoms. The number of sulfonamides is 1. The van der Waals surface area contributed by atoms with Gasteiger partial charge in [0.2, 0.25) is 16.0 Å². The summed E-state index contributed by atoms with van der Waals surface area (Å²) in [5.41, 5.74) is 2.19. The number of rotatable bonds is 7. The van der Waals surface area contributed by atoms with Crippen LogP contribution >= 0.6 is 11.6 Å². The molecule has 0 radical (unpaired) electrons. The molecule has 1 aliphatic heterocycles. The van der Waals surface area contributed by atoms with E-state index in [-0.39, 0.29) is 28.4 Å². The lowest BCUT2D eigenvalue weighted by Gasteiger charge is -2.23. The Bertz CT molecular complexity index is 1390. The van der Waals surface area contributed by atoms with Gasteiger partial charge < -0.3 is 16.0 Å². The molecule has 0 amide bonds. The number of aryl methyl sites for hydroxylation is 1. The highest BCUT2D eigenvalue weighted by molar-refractivity contribution is 7.94. The number of aromatic nitrogens is 3. The number of hydrogen-bond donors (Lipinski definition) is 4. The van der Waals surface area contributed by atoms with Crippen molar-refractivity contribution in [3.8, 4) is 0 Å². The molecule has 0 bridgehead atoms. The lowest BCUT2D eigenvalue weighted by Crippen LogP contribution is -2.33. The fraction of sp³-hybridized carbons (Fsp3) is 0.400. The molecule has 1 aliphatic rings. The molecule has 198 valence electrons. The summed E-state index contributed by atoms with van der Waals surface area (Å²) in [6.07, 6.45) is 4.96. The molecular weight excluding hydrogens is 517 g/mol. The lowest BCUT2D eigenvalue weighted by molar-refractivity contribution is 0.444. The molecule has 37 heavy (non-hydrogen) atoms. The van der Waals surface area contributed by atoms with Crippen LogP contribution in [0.5, 0.6) is 0 Å². The molecule has 0 saturated carbocycles. The van der Waals surface area contributed by atoms with Crippen LogP contribution < -0.4 is 20.7 Å². The summed E-state index contributed by atoms with van der Waals surface area (Å²) < 4.78 is 41.6. The Hall–Kier alpha value is -3.02. The lowest BCUT2D eigenvalue weighted by atomic mass is 9.91. The number of halogens is 2. The third-order valence-electron chi connectivity index (χ3n) is 6.15. The second kappa shape index (κ2) is 10.8. The predicted octanol–water partition coefficient (Wildman–Crippen LogP) is 5.47. The van der Waals surface area contributed by atoms with Crippen LogP contribution in [0.3, 0.4) is 0 Å². The smallest absolute Gasteiger partial charge is 0.237 e. The number of nitrogens with zero attached hydrogens (tertiary/aromatic N) is 3. The van der Waals surface area contributed by atoms with E-state index in [1.165, 1.54) is 6.07 Å². The Balaban J connectivity index is 1.52. The number of piperidine rings is 1. The quantitative estimate of drug-likeness (QED) is 0.307. The topological polar surface area (TPSA) is 121 Å². The van der Waals surface area contributed by atoms with Crippen molar-refractivity contribution in [3.63, 3.8) is 0 Å². The largest absolute Gasteiger partial charge is 0.340 e.